The van der Waals surface area contributed by atoms with Gasteiger partial charge in [-0.25, -0.2) is 8.78 Å². The van der Waals surface area contributed by atoms with E-state index in [0.717, 1.165) is 22.5 Å². The van der Waals surface area contributed by atoms with Crippen LogP contribution < -0.4 is 42.2 Å². The van der Waals surface area contributed by atoms with Gasteiger partial charge in [-0.3, -0.25) is 48.4 Å². The number of anilines is 2. The smallest absolute Gasteiger partial charge is 0.251 e. The zero-order valence-corrected chi connectivity index (χ0v) is 53.6. The number of rotatable bonds is 26. The highest BCUT2D eigenvalue weighted by molar-refractivity contribution is 5.98. The summed E-state index contributed by atoms with van der Waals surface area (Å²) >= 11 is 0. The minimum atomic E-state index is -0.654. The number of benzene rings is 2. The van der Waals surface area contributed by atoms with Crippen molar-refractivity contribution in [1.29, 1.82) is 0 Å². The SMILES string of the molecule is C[C@@H]1CN(CC(=O)N2CC(C)(C)c3[nH]c(=O)c(Cc4ccc(F)cc4)cc32)[C@@H](CN2CCO[C@H](C(=O)NCCOCCOCCOCCNC(=O)[C@@H]3CN(C[C@H]4CN[C@H](C)CN4CC(=O)N4CC(C)(C)c5[nH]c(=O)c(Cc6ccc(F)cc6)cc54)CCO3)C2)CN1. The summed E-state index contributed by atoms with van der Waals surface area (Å²) < 4.78 is 56.2. The minimum absolute atomic E-state index is 0.000393. The zero-order chi connectivity index (χ0) is 64.4. The molecule has 0 saturated carbocycles. The van der Waals surface area contributed by atoms with Gasteiger partial charge in [-0.1, -0.05) is 52.0 Å². The largest absolute Gasteiger partial charge is 0.377 e. The van der Waals surface area contributed by atoms with Crippen molar-refractivity contribution >= 4 is 35.0 Å². The molecule has 6 aliphatic rings. The molecule has 2 aromatic carbocycles. The lowest BCUT2D eigenvalue weighted by atomic mass is 9.91. The maximum atomic E-state index is 14.3. The van der Waals surface area contributed by atoms with Gasteiger partial charge in [0.15, 0.2) is 0 Å². The fourth-order valence-corrected chi connectivity index (χ4v) is 13.3. The number of halogens is 2. The summed E-state index contributed by atoms with van der Waals surface area (Å²) in [6, 6.07) is 16.1. The number of hydrogen-bond donors (Lipinski definition) is 6. The van der Waals surface area contributed by atoms with Crippen LogP contribution in [-0.2, 0) is 66.5 Å². The Balaban J connectivity index is 0.578. The van der Waals surface area contributed by atoms with Gasteiger partial charge in [-0.05, 0) is 61.4 Å². The molecule has 10 rings (SSSR count). The fourth-order valence-electron chi connectivity index (χ4n) is 13.3. The number of amides is 4. The van der Waals surface area contributed by atoms with E-state index in [1.54, 1.807) is 34.1 Å². The number of nitrogens with one attached hydrogen (secondary N) is 6. The van der Waals surface area contributed by atoms with E-state index >= 15 is 0 Å². The highest BCUT2D eigenvalue weighted by atomic mass is 19.1. The van der Waals surface area contributed by atoms with Crippen molar-refractivity contribution in [2.75, 3.05) is 167 Å². The Kier molecular flexibility index (Phi) is 22.7. The summed E-state index contributed by atoms with van der Waals surface area (Å²) in [6.07, 6.45) is -0.692. The number of nitrogens with zero attached hydrogens (tertiary/aromatic N) is 6. The molecular weight excluding hydrogens is 1170 g/mol. The van der Waals surface area contributed by atoms with Gasteiger partial charge in [0.05, 0.1) is 77.3 Å². The van der Waals surface area contributed by atoms with E-state index in [0.29, 0.717) is 180 Å². The molecule has 0 radical (unpaired) electrons. The van der Waals surface area contributed by atoms with Crippen molar-refractivity contribution in [2.45, 2.75) is 102 Å². The molecule has 0 spiro atoms. The van der Waals surface area contributed by atoms with Crippen molar-refractivity contribution in [3.05, 3.63) is 127 Å². The van der Waals surface area contributed by atoms with Gasteiger partial charge in [-0.2, -0.15) is 0 Å². The zero-order valence-electron chi connectivity index (χ0n) is 53.6. The van der Waals surface area contributed by atoms with E-state index in [-0.39, 0.29) is 83.6 Å². The number of pyridine rings is 2. The van der Waals surface area contributed by atoms with E-state index < -0.39 is 23.0 Å². The average Bonchev–Trinajstić information content (AvgIpc) is 1.63. The molecule has 91 heavy (non-hydrogen) atoms. The number of aromatic amines is 2. The molecule has 4 fully saturated rings. The van der Waals surface area contributed by atoms with Crippen LogP contribution in [0.25, 0.3) is 0 Å². The molecule has 496 valence electrons. The second-order valence-electron chi connectivity index (χ2n) is 26.5. The van der Waals surface area contributed by atoms with E-state index in [4.69, 9.17) is 23.7 Å². The third kappa shape index (κ3) is 17.7. The highest BCUT2D eigenvalue weighted by Crippen LogP contribution is 2.40. The van der Waals surface area contributed by atoms with Crippen molar-refractivity contribution in [3.63, 3.8) is 0 Å². The minimum Gasteiger partial charge on any atom is -0.377 e. The molecule has 4 saturated heterocycles. The van der Waals surface area contributed by atoms with Gasteiger partial charge in [-0.15, -0.1) is 0 Å². The molecule has 2 aromatic heterocycles. The van der Waals surface area contributed by atoms with E-state index in [9.17, 15) is 37.5 Å². The van der Waals surface area contributed by atoms with Gasteiger partial charge in [0.1, 0.15) is 23.8 Å². The summed E-state index contributed by atoms with van der Waals surface area (Å²) in [4.78, 5) is 100. The number of carbonyl (C=O) groups excluding carboxylic acids is 4. The molecule has 6 N–H and O–H groups in total. The number of piperazine rings is 2. The van der Waals surface area contributed by atoms with Crippen LogP contribution in [0, 0.1) is 11.6 Å². The lowest BCUT2D eigenvalue weighted by Crippen LogP contribution is -2.62. The van der Waals surface area contributed by atoms with Crippen LogP contribution in [-0.4, -0.2) is 247 Å². The third-order valence-corrected chi connectivity index (χ3v) is 18.2. The first-order valence-corrected chi connectivity index (χ1v) is 32.2. The van der Waals surface area contributed by atoms with Gasteiger partial charge in [0, 0.05) is 162 Å². The number of hydrogen-bond acceptors (Lipinski definition) is 17. The predicted molar refractivity (Wildman–Crippen MR) is 340 cm³/mol. The number of ether oxygens (including phenoxy) is 5. The van der Waals surface area contributed by atoms with Crippen LogP contribution in [0.5, 0.6) is 0 Å². The quantitative estimate of drug-likeness (QED) is 0.0488. The molecule has 0 bridgehead atoms. The summed E-state index contributed by atoms with van der Waals surface area (Å²) in [7, 11) is 0. The third-order valence-electron chi connectivity index (χ3n) is 18.2. The highest BCUT2D eigenvalue weighted by Gasteiger charge is 2.43. The Morgan fingerprint density at radius 3 is 1.35 bits per heavy atom. The first-order chi connectivity index (χ1) is 43.7. The molecule has 6 aliphatic heterocycles. The summed E-state index contributed by atoms with van der Waals surface area (Å²) in [6.45, 7) is 22.9. The maximum Gasteiger partial charge on any atom is 0.251 e. The number of H-pyrrole nitrogens is 2. The van der Waals surface area contributed by atoms with Crippen molar-refractivity contribution in [2.24, 2.45) is 0 Å². The van der Waals surface area contributed by atoms with Gasteiger partial charge in [0.2, 0.25) is 11.8 Å². The van der Waals surface area contributed by atoms with Gasteiger partial charge >= 0.3 is 0 Å². The standard InChI is InChI=1S/C66H92F2N12O11/c1-43-33-77(39-57(81)79-41-65(3,4)59-53(79)29-47(61(83)73-59)27-45-7-11-49(67)12-8-45)51(31-71-43)35-75-17-21-90-55(37-75)63(85)69-15-19-87-23-25-89-26-24-88-20-16-70-64(86)56-38-76(18-22-91-56)36-52-32-72-44(2)34-78(52)40-58(82)80-42-66(5,6)60-54(80)30-48(62(84)74-60)28-46-9-13-50(68)14-10-46/h7-14,29-30,43-44,51-52,55-56,71-72H,15-28,31-42H2,1-6H3,(H,69,85)(H,70,86)(H,73,83)(H,74,84)/t43-,44-,51-,52-,55+,56+/m1/s1. The van der Waals surface area contributed by atoms with E-state index in [1.807, 2.05) is 39.8 Å². The molecule has 23 nitrogen and oxygen atoms in total. The number of aromatic nitrogens is 2. The molecule has 4 amide bonds. The maximum absolute atomic E-state index is 14.3. The number of carbonyl (C=O) groups is 4. The second-order valence-corrected chi connectivity index (χ2v) is 26.5. The number of fused-ring (bicyclic) bond motifs is 2. The van der Waals surface area contributed by atoms with Crippen LogP contribution in [0.15, 0.2) is 70.3 Å². The molecule has 0 aliphatic carbocycles. The molecule has 8 heterocycles. The molecule has 4 aromatic rings. The Labute approximate surface area is 531 Å². The molecule has 6 atom stereocenters. The van der Waals surface area contributed by atoms with Crippen LogP contribution in [0.3, 0.4) is 0 Å². The fraction of sp³-hybridized carbons (Fsp3) is 0.606. The van der Waals surface area contributed by atoms with Crippen LogP contribution in [0.1, 0.15) is 75.2 Å². The molecule has 0 unspecified atom stereocenters. The second kappa shape index (κ2) is 30.6. The van der Waals surface area contributed by atoms with Crippen LogP contribution in [0.4, 0.5) is 20.2 Å². The van der Waals surface area contributed by atoms with E-state index in [1.165, 1.54) is 24.3 Å². The van der Waals surface area contributed by atoms with Crippen LogP contribution in [0.2, 0.25) is 0 Å². The van der Waals surface area contributed by atoms with Crippen LogP contribution >= 0.6 is 0 Å². The summed E-state index contributed by atoms with van der Waals surface area (Å²) in [5.41, 5.74) is 4.10. The van der Waals surface area contributed by atoms with Crippen molar-refractivity contribution < 1.29 is 51.6 Å². The monoisotopic (exact) mass is 1270 g/mol. The lowest BCUT2D eigenvalue weighted by molar-refractivity contribution is -0.139. The van der Waals surface area contributed by atoms with Crippen molar-refractivity contribution in [3.8, 4) is 0 Å². The Hall–Kier alpha value is -6.36. The Bertz CT molecular complexity index is 3070. The first-order valence-electron chi connectivity index (χ1n) is 32.2. The Morgan fingerprint density at radius 2 is 0.956 bits per heavy atom. The normalized spacial score (nSPS) is 23.6. The van der Waals surface area contributed by atoms with Gasteiger partial charge < -0.3 is 64.7 Å². The summed E-state index contributed by atoms with van der Waals surface area (Å²) in [5, 5.41) is 13.0. The summed E-state index contributed by atoms with van der Waals surface area (Å²) in [5.74, 6) is -1.23. The predicted octanol–water partition coefficient (Wildman–Crippen LogP) is 1.48. The van der Waals surface area contributed by atoms with Gasteiger partial charge in [0.25, 0.3) is 22.9 Å². The topological polar surface area (TPSA) is 248 Å². The number of morpholine rings is 2. The van der Waals surface area contributed by atoms with E-state index in [2.05, 4.69) is 64.7 Å². The molecular formula is C66H92F2N12O11. The average molecular weight is 1270 g/mol. The van der Waals surface area contributed by atoms with Crippen molar-refractivity contribution in [1.82, 2.24) is 50.8 Å². The first kappa shape index (κ1) is 67.5. The lowest BCUT2D eigenvalue weighted by Gasteiger charge is -2.43. The molecule has 25 heteroatoms. The Morgan fingerprint density at radius 1 is 0.571 bits per heavy atom.